The van der Waals surface area contributed by atoms with Crippen molar-refractivity contribution in [3.8, 4) is 0 Å². The van der Waals surface area contributed by atoms with Gasteiger partial charge in [0.25, 0.3) is 0 Å². The van der Waals surface area contributed by atoms with Gasteiger partial charge < -0.3 is 15.5 Å². The number of amides is 2. The Hall–Kier alpha value is -3.14. The molecule has 1 unspecified atom stereocenters. The highest BCUT2D eigenvalue weighted by Gasteiger charge is 2.35. The number of aryl methyl sites for hydroxylation is 1. The second-order valence-corrected chi connectivity index (χ2v) is 11.5. The molecule has 1 fully saturated rings. The molecule has 1 aromatic carbocycles. The van der Waals surface area contributed by atoms with Gasteiger partial charge in [-0.3, -0.25) is 9.59 Å². The van der Waals surface area contributed by atoms with Crippen LogP contribution in [0.3, 0.4) is 0 Å². The number of fused-ring (bicyclic) bond motifs is 1. The van der Waals surface area contributed by atoms with E-state index in [4.69, 9.17) is 9.97 Å². The molecule has 2 aromatic heterocycles. The van der Waals surface area contributed by atoms with Gasteiger partial charge in [-0.05, 0) is 25.0 Å². The van der Waals surface area contributed by atoms with Crippen molar-refractivity contribution in [1.29, 1.82) is 0 Å². The van der Waals surface area contributed by atoms with E-state index in [1.807, 2.05) is 31.2 Å². The fourth-order valence-corrected chi connectivity index (χ4v) is 4.79. The van der Waals surface area contributed by atoms with Gasteiger partial charge in [0.15, 0.2) is 10.8 Å². The number of rotatable bonds is 10. The van der Waals surface area contributed by atoms with Crippen LogP contribution in [0.25, 0.3) is 11.0 Å². The van der Waals surface area contributed by atoms with Crippen LogP contribution in [0.4, 0.5) is 11.5 Å². The average Bonchev–Trinajstić information content (AvgIpc) is 3.41. The summed E-state index contributed by atoms with van der Waals surface area (Å²) in [5.74, 6) is 0.764. The van der Waals surface area contributed by atoms with Gasteiger partial charge in [0.1, 0.15) is 5.82 Å². The molecule has 1 atom stereocenters. The van der Waals surface area contributed by atoms with Crippen LogP contribution in [0, 0.1) is 18.8 Å². The molecule has 0 spiro atoms. The molecule has 1 aliphatic rings. The standard InChI is InChI=1S/C26H35N7O2S/c1-16(2)13-28-23-21-14-29-33(24(21)31-26(30-23)36-17(3)4)11-10-27-25(35)19-12-22(34)32(15-19)20-8-6-18(5)7-9-20/h6-9,14,16-17,19H,10-13,15H2,1-5H3,(H,27,35)(H,28,30,31). The largest absolute Gasteiger partial charge is 0.369 e. The lowest BCUT2D eigenvalue weighted by molar-refractivity contribution is -0.126. The number of carbonyl (C=O) groups is 2. The summed E-state index contributed by atoms with van der Waals surface area (Å²) < 4.78 is 1.81. The van der Waals surface area contributed by atoms with Crippen molar-refractivity contribution < 1.29 is 9.59 Å². The van der Waals surface area contributed by atoms with Crippen LogP contribution in [0.2, 0.25) is 0 Å². The molecular formula is C26H35N7O2S. The predicted molar refractivity (Wildman–Crippen MR) is 144 cm³/mol. The van der Waals surface area contributed by atoms with E-state index in [0.717, 1.165) is 34.6 Å². The van der Waals surface area contributed by atoms with E-state index < -0.39 is 0 Å². The van der Waals surface area contributed by atoms with Crippen molar-refractivity contribution in [1.82, 2.24) is 25.1 Å². The monoisotopic (exact) mass is 509 g/mol. The average molecular weight is 510 g/mol. The number of anilines is 2. The second kappa shape index (κ2) is 11.3. The van der Waals surface area contributed by atoms with Crippen molar-refractivity contribution in [3.63, 3.8) is 0 Å². The summed E-state index contributed by atoms with van der Waals surface area (Å²) in [6.45, 7) is 12.6. The summed E-state index contributed by atoms with van der Waals surface area (Å²) in [7, 11) is 0. The Morgan fingerprint density at radius 2 is 1.92 bits per heavy atom. The molecule has 0 aliphatic carbocycles. The summed E-state index contributed by atoms with van der Waals surface area (Å²) in [6.07, 6.45) is 2.00. The lowest BCUT2D eigenvalue weighted by Gasteiger charge is -2.17. The van der Waals surface area contributed by atoms with Gasteiger partial charge in [0.2, 0.25) is 11.8 Å². The quantitative estimate of drug-likeness (QED) is 0.316. The lowest BCUT2D eigenvalue weighted by atomic mass is 10.1. The Labute approximate surface area is 216 Å². The van der Waals surface area contributed by atoms with Gasteiger partial charge in [-0.25, -0.2) is 14.6 Å². The van der Waals surface area contributed by atoms with Crippen molar-refractivity contribution in [2.45, 2.75) is 58.0 Å². The normalized spacial score (nSPS) is 15.9. The lowest BCUT2D eigenvalue weighted by Crippen LogP contribution is -2.35. The van der Waals surface area contributed by atoms with Crippen LogP contribution in [0.5, 0.6) is 0 Å². The van der Waals surface area contributed by atoms with E-state index >= 15 is 0 Å². The van der Waals surface area contributed by atoms with Crippen molar-refractivity contribution in [2.75, 3.05) is 29.9 Å². The predicted octanol–water partition coefficient (Wildman–Crippen LogP) is 3.87. The van der Waals surface area contributed by atoms with E-state index in [1.165, 1.54) is 0 Å². The molecule has 2 amide bonds. The molecule has 10 heteroatoms. The maximum Gasteiger partial charge on any atom is 0.227 e. The highest BCUT2D eigenvalue weighted by Crippen LogP contribution is 2.27. The second-order valence-electron chi connectivity index (χ2n) is 9.93. The molecule has 9 nitrogen and oxygen atoms in total. The zero-order valence-corrected chi connectivity index (χ0v) is 22.4. The molecule has 0 bridgehead atoms. The number of thioether (sulfide) groups is 1. The maximum absolute atomic E-state index is 12.8. The molecular weight excluding hydrogens is 474 g/mol. The molecule has 0 saturated carbocycles. The van der Waals surface area contributed by atoms with Crippen LogP contribution >= 0.6 is 11.8 Å². The van der Waals surface area contributed by atoms with Crippen molar-refractivity contribution in [2.24, 2.45) is 11.8 Å². The molecule has 4 rings (SSSR count). The van der Waals surface area contributed by atoms with Gasteiger partial charge in [-0.15, -0.1) is 0 Å². The van der Waals surface area contributed by atoms with Crippen molar-refractivity contribution >= 4 is 46.1 Å². The third-order valence-electron chi connectivity index (χ3n) is 5.96. The number of aromatic nitrogens is 4. The Kier molecular flexibility index (Phi) is 8.13. The van der Waals surface area contributed by atoms with Crippen LogP contribution in [-0.2, 0) is 16.1 Å². The third kappa shape index (κ3) is 6.16. The first kappa shape index (κ1) is 25.9. The van der Waals surface area contributed by atoms with E-state index in [0.29, 0.717) is 36.0 Å². The van der Waals surface area contributed by atoms with E-state index in [9.17, 15) is 9.59 Å². The smallest absolute Gasteiger partial charge is 0.227 e. The number of nitrogens with one attached hydrogen (secondary N) is 2. The van der Waals surface area contributed by atoms with Crippen LogP contribution in [-0.4, -0.2) is 56.4 Å². The Morgan fingerprint density at radius 3 is 2.61 bits per heavy atom. The summed E-state index contributed by atoms with van der Waals surface area (Å²) in [5, 5.41) is 12.9. The van der Waals surface area contributed by atoms with Crippen LogP contribution in [0.1, 0.15) is 39.7 Å². The van der Waals surface area contributed by atoms with Crippen LogP contribution < -0.4 is 15.5 Å². The first-order chi connectivity index (χ1) is 17.2. The molecule has 3 aromatic rings. The molecule has 3 heterocycles. The molecule has 1 saturated heterocycles. The Balaban J connectivity index is 1.40. The first-order valence-corrected chi connectivity index (χ1v) is 13.4. The molecule has 0 radical (unpaired) electrons. The topological polar surface area (TPSA) is 105 Å². The molecule has 2 N–H and O–H groups in total. The molecule has 1 aliphatic heterocycles. The van der Waals surface area contributed by atoms with Gasteiger partial charge in [-0.2, -0.15) is 5.10 Å². The van der Waals surface area contributed by atoms with Gasteiger partial charge >= 0.3 is 0 Å². The minimum absolute atomic E-state index is 0.0228. The summed E-state index contributed by atoms with van der Waals surface area (Å²) in [6, 6.07) is 7.80. The van der Waals surface area contributed by atoms with Gasteiger partial charge in [-0.1, -0.05) is 57.2 Å². The van der Waals surface area contributed by atoms with Gasteiger partial charge in [0.05, 0.1) is 24.0 Å². The third-order valence-corrected chi connectivity index (χ3v) is 6.82. The fourth-order valence-electron chi connectivity index (χ4n) is 4.08. The SMILES string of the molecule is Cc1ccc(N2CC(C(=O)NCCn3ncc4c(NCC(C)C)nc(SC(C)C)nc43)CC2=O)cc1. The summed E-state index contributed by atoms with van der Waals surface area (Å²) in [4.78, 5) is 36.5. The van der Waals surface area contributed by atoms with Crippen LogP contribution in [0.15, 0.2) is 35.6 Å². The minimum atomic E-state index is -0.364. The van der Waals surface area contributed by atoms with E-state index in [1.54, 1.807) is 27.5 Å². The number of hydrogen-bond donors (Lipinski definition) is 2. The number of carbonyl (C=O) groups excluding carboxylic acids is 2. The number of hydrogen-bond acceptors (Lipinski definition) is 7. The molecule has 36 heavy (non-hydrogen) atoms. The number of nitrogens with zero attached hydrogens (tertiary/aromatic N) is 5. The van der Waals surface area contributed by atoms with E-state index in [2.05, 4.69) is 43.4 Å². The Bertz CT molecular complexity index is 1220. The highest BCUT2D eigenvalue weighted by molar-refractivity contribution is 7.99. The van der Waals surface area contributed by atoms with Gasteiger partial charge in [0, 0.05) is 37.0 Å². The fraction of sp³-hybridized carbons (Fsp3) is 0.500. The maximum atomic E-state index is 12.8. The van der Waals surface area contributed by atoms with Crippen molar-refractivity contribution in [3.05, 3.63) is 36.0 Å². The zero-order valence-electron chi connectivity index (χ0n) is 21.6. The summed E-state index contributed by atoms with van der Waals surface area (Å²) in [5.41, 5.74) is 2.71. The zero-order chi connectivity index (χ0) is 25.8. The van der Waals surface area contributed by atoms with E-state index in [-0.39, 0.29) is 24.2 Å². The highest BCUT2D eigenvalue weighted by atomic mass is 32.2. The molecule has 192 valence electrons. The summed E-state index contributed by atoms with van der Waals surface area (Å²) >= 11 is 1.61. The first-order valence-electron chi connectivity index (χ1n) is 12.5. The minimum Gasteiger partial charge on any atom is -0.369 e. The Morgan fingerprint density at radius 1 is 1.17 bits per heavy atom. The number of benzene rings is 1.